The molecule has 0 saturated heterocycles. The van der Waals surface area contributed by atoms with E-state index < -0.39 is 0 Å². The third kappa shape index (κ3) is 5.21. The minimum Gasteiger partial charge on any atom is -0.393 e. The molecule has 2 heterocycles. The van der Waals surface area contributed by atoms with Gasteiger partial charge in [-0.3, -0.25) is 4.79 Å². The first kappa shape index (κ1) is 21.7. The largest absolute Gasteiger partial charge is 0.393 e. The fraction of sp³-hybridized carbons (Fsp3) is 0.364. The second-order valence-corrected chi connectivity index (χ2v) is 7.92. The summed E-state index contributed by atoms with van der Waals surface area (Å²) in [7, 11) is 0. The number of nitrogens with two attached hydrogens (primary N) is 1. The monoisotopic (exact) mass is 437 g/mol. The van der Waals surface area contributed by atoms with Crippen molar-refractivity contribution in [1.29, 1.82) is 0 Å². The summed E-state index contributed by atoms with van der Waals surface area (Å²) < 4.78 is 1.82. The number of anilines is 2. The van der Waals surface area contributed by atoms with Gasteiger partial charge < -0.3 is 31.1 Å². The smallest absolute Gasteiger partial charge is 0.256 e. The van der Waals surface area contributed by atoms with E-state index in [1.807, 2.05) is 28.8 Å². The van der Waals surface area contributed by atoms with Crippen molar-refractivity contribution in [2.45, 2.75) is 51.0 Å². The van der Waals surface area contributed by atoms with Crippen LogP contribution in [-0.2, 0) is 13.2 Å². The molecule has 6 N–H and O–H groups in total. The van der Waals surface area contributed by atoms with Gasteiger partial charge in [0, 0.05) is 30.7 Å². The van der Waals surface area contributed by atoms with Crippen LogP contribution in [0.2, 0.25) is 0 Å². The standard InChI is InChI=1S/C22H27N7O3/c23-22-25-10-19(20(28-22)27-15-3-7-18(31)8-4-15)21(32)24-9-14-1-5-17(6-2-14)29-11-16(12-30)26-13-29/h1-2,5-6,10-11,13,15,18,30-31H,3-4,7-9,12H2,(H,24,32)(H3,23,25,27,28)/t15-,18-. The SMILES string of the molecule is Nc1ncc(C(=O)NCc2ccc(-n3cnc(CO)c3)cc2)c(N[C@H]2CC[C@H](O)CC2)n1. The van der Waals surface area contributed by atoms with Gasteiger partial charge >= 0.3 is 0 Å². The molecule has 2 aromatic heterocycles. The maximum atomic E-state index is 12.8. The van der Waals surface area contributed by atoms with E-state index in [1.165, 1.54) is 6.20 Å². The highest BCUT2D eigenvalue weighted by molar-refractivity contribution is 5.98. The van der Waals surface area contributed by atoms with E-state index in [0.717, 1.165) is 36.9 Å². The molecule has 0 unspecified atom stereocenters. The number of aliphatic hydroxyl groups is 2. The Labute approximate surface area is 185 Å². The van der Waals surface area contributed by atoms with Crippen LogP contribution >= 0.6 is 0 Å². The molecule has 3 aromatic rings. The Balaban J connectivity index is 1.39. The molecule has 32 heavy (non-hydrogen) atoms. The van der Waals surface area contributed by atoms with E-state index in [-0.39, 0.29) is 30.6 Å². The average molecular weight is 438 g/mol. The van der Waals surface area contributed by atoms with Gasteiger partial charge in [0.1, 0.15) is 11.4 Å². The maximum Gasteiger partial charge on any atom is 0.256 e. The average Bonchev–Trinajstić information content (AvgIpc) is 3.29. The van der Waals surface area contributed by atoms with E-state index in [1.54, 1.807) is 12.5 Å². The fourth-order valence-corrected chi connectivity index (χ4v) is 3.74. The van der Waals surface area contributed by atoms with Crippen molar-refractivity contribution >= 4 is 17.7 Å². The van der Waals surface area contributed by atoms with Crippen LogP contribution in [0.25, 0.3) is 5.69 Å². The molecule has 1 aromatic carbocycles. The maximum absolute atomic E-state index is 12.8. The van der Waals surface area contributed by atoms with Gasteiger partial charge in [-0.05, 0) is 43.4 Å². The molecule has 0 bridgehead atoms. The van der Waals surface area contributed by atoms with Crippen molar-refractivity contribution in [2.75, 3.05) is 11.1 Å². The topological polar surface area (TPSA) is 151 Å². The lowest BCUT2D eigenvalue weighted by Crippen LogP contribution is -2.31. The van der Waals surface area contributed by atoms with Crippen LogP contribution in [0.4, 0.5) is 11.8 Å². The van der Waals surface area contributed by atoms with E-state index in [4.69, 9.17) is 10.8 Å². The number of rotatable bonds is 7. The molecule has 0 atom stereocenters. The third-order valence-electron chi connectivity index (χ3n) is 5.58. The van der Waals surface area contributed by atoms with Crippen molar-refractivity contribution in [3.05, 3.63) is 59.8 Å². The number of aromatic nitrogens is 4. The van der Waals surface area contributed by atoms with Crippen molar-refractivity contribution in [2.24, 2.45) is 0 Å². The second-order valence-electron chi connectivity index (χ2n) is 7.92. The number of nitrogens with one attached hydrogen (secondary N) is 2. The zero-order valence-electron chi connectivity index (χ0n) is 17.6. The van der Waals surface area contributed by atoms with Crippen molar-refractivity contribution < 1.29 is 15.0 Å². The lowest BCUT2D eigenvalue weighted by Gasteiger charge is -2.27. The van der Waals surface area contributed by atoms with Gasteiger partial charge in [-0.15, -0.1) is 0 Å². The molecule has 1 fully saturated rings. The summed E-state index contributed by atoms with van der Waals surface area (Å²) in [5.74, 6) is 0.209. The molecule has 0 radical (unpaired) electrons. The van der Waals surface area contributed by atoms with E-state index in [2.05, 4.69) is 25.6 Å². The molecule has 168 valence electrons. The minimum atomic E-state index is -0.297. The zero-order valence-corrected chi connectivity index (χ0v) is 17.6. The normalized spacial score (nSPS) is 18.3. The van der Waals surface area contributed by atoms with E-state index >= 15 is 0 Å². The molecule has 1 saturated carbocycles. The predicted molar refractivity (Wildman–Crippen MR) is 119 cm³/mol. The van der Waals surface area contributed by atoms with Crippen molar-refractivity contribution in [1.82, 2.24) is 24.8 Å². The van der Waals surface area contributed by atoms with Gasteiger partial charge in [0.05, 0.1) is 24.7 Å². The molecule has 0 aliphatic heterocycles. The van der Waals surface area contributed by atoms with Crippen LogP contribution in [0.15, 0.2) is 43.0 Å². The van der Waals surface area contributed by atoms with Gasteiger partial charge in [-0.1, -0.05) is 12.1 Å². The number of imidazole rings is 1. The lowest BCUT2D eigenvalue weighted by molar-refractivity contribution is 0.0950. The number of carbonyl (C=O) groups excluding carboxylic acids is 1. The molecule has 10 heteroatoms. The highest BCUT2D eigenvalue weighted by atomic mass is 16.3. The Morgan fingerprint density at radius 1 is 1.16 bits per heavy atom. The molecule has 10 nitrogen and oxygen atoms in total. The summed E-state index contributed by atoms with van der Waals surface area (Å²) in [5, 5.41) is 25.0. The zero-order chi connectivity index (χ0) is 22.5. The molecule has 0 spiro atoms. The summed E-state index contributed by atoms with van der Waals surface area (Å²) in [5.41, 5.74) is 8.50. The second kappa shape index (κ2) is 9.75. The first-order chi connectivity index (χ1) is 15.5. The number of amides is 1. The molecular formula is C22H27N7O3. The first-order valence-electron chi connectivity index (χ1n) is 10.6. The summed E-state index contributed by atoms with van der Waals surface area (Å²) in [4.78, 5) is 25.1. The number of nitrogens with zero attached hydrogens (tertiary/aromatic N) is 4. The number of nitrogen functional groups attached to an aromatic ring is 1. The summed E-state index contributed by atoms with van der Waals surface area (Å²) in [6.45, 7) is 0.232. The van der Waals surface area contributed by atoms with E-state index in [0.29, 0.717) is 23.6 Å². The minimum absolute atomic E-state index is 0.0966. The van der Waals surface area contributed by atoms with Crippen LogP contribution in [0.5, 0.6) is 0 Å². The molecule has 4 rings (SSSR count). The van der Waals surface area contributed by atoms with Gasteiger partial charge in [0.2, 0.25) is 5.95 Å². The Morgan fingerprint density at radius 3 is 2.59 bits per heavy atom. The fourth-order valence-electron chi connectivity index (χ4n) is 3.74. The van der Waals surface area contributed by atoms with Crippen LogP contribution in [0, 0.1) is 0 Å². The Hall–Kier alpha value is -3.50. The summed E-state index contributed by atoms with van der Waals surface area (Å²) in [6.07, 6.45) is 7.61. The van der Waals surface area contributed by atoms with E-state index in [9.17, 15) is 9.90 Å². The number of aliphatic hydroxyl groups excluding tert-OH is 2. The molecule has 1 aliphatic rings. The molecule has 1 amide bonds. The lowest BCUT2D eigenvalue weighted by atomic mass is 9.93. The summed E-state index contributed by atoms with van der Waals surface area (Å²) in [6, 6.07) is 7.80. The highest BCUT2D eigenvalue weighted by Crippen LogP contribution is 2.23. The quantitative estimate of drug-likeness (QED) is 0.372. The highest BCUT2D eigenvalue weighted by Gasteiger charge is 2.22. The number of benzene rings is 1. The Kier molecular flexibility index (Phi) is 6.62. The van der Waals surface area contributed by atoms with Crippen LogP contribution in [-0.4, -0.2) is 47.8 Å². The first-order valence-corrected chi connectivity index (χ1v) is 10.6. The van der Waals surface area contributed by atoms with Gasteiger partial charge in [0.25, 0.3) is 5.91 Å². The Bertz CT molecular complexity index is 1060. The van der Waals surface area contributed by atoms with Gasteiger partial charge in [-0.25, -0.2) is 9.97 Å². The van der Waals surface area contributed by atoms with Crippen molar-refractivity contribution in [3.63, 3.8) is 0 Å². The summed E-state index contributed by atoms with van der Waals surface area (Å²) >= 11 is 0. The molecule has 1 aliphatic carbocycles. The van der Waals surface area contributed by atoms with Crippen LogP contribution in [0.1, 0.15) is 47.3 Å². The predicted octanol–water partition coefficient (Wildman–Crippen LogP) is 1.38. The third-order valence-corrected chi connectivity index (χ3v) is 5.58. The van der Waals surface area contributed by atoms with Gasteiger partial charge in [-0.2, -0.15) is 4.98 Å². The van der Waals surface area contributed by atoms with Crippen LogP contribution < -0.4 is 16.4 Å². The molecular weight excluding hydrogens is 410 g/mol. The Morgan fingerprint density at radius 2 is 1.91 bits per heavy atom. The number of hydrogen-bond donors (Lipinski definition) is 5. The van der Waals surface area contributed by atoms with Crippen LogP contribution in [0.3, 0.4) is 0 Å². The van der Waals surface area contributed by atoms with Crippen molar-refractivity contribution in [3.8, 4) is 5.69 Å². The number of hydrogen-bond acceptors (Lipinski definition) is 8. The number of carbonyl (C=O) groups is 1. The van der Waals surface area contributed by atoms with Gasteiger partial charge in [0.15, 0.2) is 0 Å².